The van der Waals surface area contributed by atoms with E-state index in [1.807, 2.05) is 6.07 Å². The Kier molecular flexibility index (Phi) is 4.56. The molecule has 0 saturated heterocycles. The van der Waals surface area contributed by atoms with Crippen molar-refractivity contribution in [1.29, 1.82) is 0 Å². The highest BCUT2D eigenvalue weighted by molar-refractivity contribution is 7.10. The highest BCUT2D eigenvalue weighted by Crippen LogP contribution is 2.31. The van der Waals surface area contributed by atoms with Gasteiger partial charge in [-0.05, 0) is 22.9 Å². The lowest BCUT2D eigenvalue weighted by Gasteiger charge is -2.31. The Bertz CT molecular complexity index is 666. The number of fused-ring (bicyclic) bond motifs is 1. The second-order valence-corrected chi connectivity index (χ2v) is 7.19. The van der Waals surface area contributed by atoms with Crippen molar-refractivity contribution in [2.24, 2.45) is 0 Å². The van der Waals surface area contributed by atoms with Gasteiger partial charge in [-0.2, -0.15) is 0 Å². The molecule has 7 heteroatoms. The quantitative estimate of drug-likeness (QED) is 0.776. The summed E-state index contributed by atoms with van der Waals surface area (Å²) < 4.78 is 0. The number of urea groups is 1. The van der Waals surface area contributed by atoms with Gasteiger partial charge in [0.15, 0.2) is 6.54 Å². The third-order valence-corrected chi connectivity index (χ3v) is 5.80. The number of nitrogens with one attached hydrogen (secondary N) is 3. The fourth-order valence-corrected chi connectivity index (χ4v) is 4.71. The summed E-state index contributed by atoms with van der Waals surface area (Å²) >= 11 is 3.51. The zero-order chi connectivity index (χ0) is 15.5. The first-order chi connectivity index (χ1) is 10.7. The fraction of sp³-hybridized carbons (Fsp3) is 0.333. The van der Waals surface area contributed by atoms with E-state index in [2.05, 4.69) is 33.5 Å². The highest BCUT2D eigenvalue weighted by Gasteiger charge is 2.35. The summed E-state index contributed by atoms with van der Waals surface area (Å²) in [6.07, 6.45) is 0.984. The highest BCUT2D eigenvalue weighted by atomic mass is 32.1. The van der Waals surface area contributed by atoms with Crippen molar-refractivity contribution >= 4 is 34.6 Å². The van der Waals surface area contributed by atoms with Gasteiger partial charge in [0.05, 0.1) is 11.4 Å². The Morgan fingerprint density at radius 3 is 2.91 bits per heavy atom. The first-order valence-corrected chi connectivity index (χ1v) is 8.90. The summed E-state index contributed by atoms with van der Waals surface area (Å²) in [7, 11) is 1.50. The van der Waals surface area contributed by atoms with Crippen LogP contribution in [0, 0.1) is 0 Å². The molecule has 0 bridgehead atoms. The number of amides is 3. The summed E-state index contributed by atoms with van der Waals surface area (Å²) in [6.45, 7) is 1.20. The molecule has 2 atom stereocenters. The van der Waals surface area contributed by atoms with Crippen LogP contribution >= 0.6 is 22.7 Å². The molecule has 116 valence electrons. The first-order valence-electron chi connectivity index (χ1n) is 7.15. The van der Waals surface area contributed by atoms with E-state index in [0.717, 1.165) is 13.0 Å². The Morgan fingerprint density at radius 2 is 2.18 bits per heavy atom. The number of imide groups is 1. The van der Waals surface area contributed by atoms with Gasteiger partial charge in [0.25, 0.3) is 5.91 Å². The molecule has 2 aromatic rings. The van der Waals surface area contributed by atoms with Gasteiger partial charge in [0, 0.05) is 23.9 Å². The van der Waals surface area contributed by atoms with E-state index < -0.39 is 6.03 Å². The minimum Gasteiger partial charge on any atom is -0.341 e. The molecule has 2 aromatic heterocycles. The molecule has 3 N–H and O–H groups in total. The Morgan fingerprint density at radius 1 is 1.32 bits per heavy atom. The third-order valence-electron chi connectivity index (χ3n) is 3.87. The van der Waals surface area contributed by atoms with E-state index in [4.69, 9.17) is 0 Å². The van der Waals surface area contributed by atoms with E-state index in [9.17, 15) is 9.59 Å². The number of hydrogen-bond acceptors (Lipinski definition) is 4. The molecular formula is C15H18N3O2S2+. The SMILES string of the molecule is CNC(=O)NC(=O)C[NH+]1CCc2sccc2[C@@H]1c1cccs1. The van der Waals surface area contributed by atoms with Gasteiger partial charge in [0.1, 0.15) is 6.04 Å². The smallest absolute Gasteiger partial charge is 0.321 e. The molecular weight excluding hydrogens is 318 g/mol. The fourth-order valence-electron chi connectivity index (χ4n) is 2.89. The molecule has 3 amide bonds. The number of quaternary nitrogens is 1. The lowest BCUT2D eigenvalue weighted by atomic mass is 9.98. The molecule has 0 radical (unpaired) electrons. The van der Waals surface area contributed by atoms with Crippen molar-refractivity contribution in [3.63, 3.8) is 0 Å². The van der Waals surface area contributed by atoms with Gasteiger partial charge in [-0.3, -0.25) is 10.1 Å². The molecule has 5 nitrogen and oxygen atoms in total. The standard InChI is InChI=1S/C15H17N3O2S2/c1-16-15(20)17-13(19)9-18-6-4-11-10(5-8-22-11)14(18)12-3-2-7-21-12/h2-3,5,7-8,14H,4,6,9H2,1H3,(H2,16,17,19,20)/p+1/t14-/m1/s1. The van der Waals surface area contributed by atoms with Crippen LogP contribution in [-0.2, 0) is 11.2 Å². The minimum absolute atomic E-state index is 0.186. The third kappa shape index (κ3) is 3.06. The molecule has 0 spiro atoms. The van der Waals surface area contributed by atoms with E-state index in [1.54, 1.807) is 22.7 Å². The molecule has 22 heavy (non-hydrogen) atoms. The summed E-state index contributed by atoms with van der Waals surface area (Å²) in [5.74, 6) is -0.241. The lowest BCUT2D eigenvalue weighted by molar-refractivity contribution is -0.919. The van der Waals surface area contributed by atoms with Crippen molar-refractivity contribution in [1.82, 2.24) is 10.6 Å². The molecule has 0 fully saturated rings. The maximum atomic E-state index is 12.1. The Labute approximate surface area is 137 Å². The van der Waals surface area contributed by atoms with E-state index in [1.165, 1.54) is 27.3 Å². The summed E-state index contributed by atoms with van der Waals surface area (Å²) in [4.78, 5) is 27.2. The zero-order valence-electron chi connectivity index (χ0n) is 12.2. The van der Waals surface area contributed by atoms with Gasteiger partial charge < -0.3 is 10.2 Å². The predicted molar refractivity (Wildman–Crippen MR) is 87.5 cm³/mol. The Balaban J connectivity index is 1.81. The normalized spacial score (nSPS) is 20.2. The largest absolute Gasteiger partial charge is 0.341 e. The van der Waals surface area contributed by atoms with Crippen LogP contribution in [0.2, 0.25) is 0 Å². The second-order valence-electron chi connectivity index (χ2n) is 5.21. The van der Waals surface area contributed by atoms with Gasteiger partial charge in [-0.1, -0.05) is 6.07 Å². The topological polar surface area (TPSA) is 62.6 Å². The van der Waals surface area contributed by atoms with Crippen LogP contribution in [-0.4, -0.2) is 32.1 Å². The van der Waals surface area contributed by atoms with Crippen molar-refractivity contribution in [3.05, 3.63) is 44.3 Å². The molecule has 0 saturated carbocycles. The Hall–Kier alpha value is -1.70. The molecule has 3 rings (SSSR count). The van der Waals surface area contributed by atoms with Crippen molar-refractivity contribution in [2.45, 2.75) is 12.5 Å². The van der Waals surface area contributed by atoms with Crippen LogP contribution in [0.3, 0.4) is 0 Å². The van der Waals surface area contributed by atoms with Crippen LogP contribution in [0.15, 0.2) is 29.0 Å². The molecule has 1 aliphatic heterocycles. The molecule has 1 unspecified atom stereocenters. The van der Waals surface area contributed by atoms with E-state index in [-0.39, 0.29) is 11.9 Å². The average Bonchev–Trinajstić information content (AvgIpc) is 3.17. The molecule has 3 heterocycles. The maximum absolute atomic E-state index is 12.1. The van der Waals surface area contributed by atoms with E-state index in [0.29, 0.717) is 6.54 Å². The van der Waals surface area contributed by atoms with Crippen LogP contribution in [0.5, 0.6) is 0 Å². The zero-order valence-corrected chi connectivity index (χ0v) is 13.9. The van der Waals surface area contributed by atoms with Crippen molar-refractivity contribution in [3.8, 4) is 0 Å². The summed E-state index contributed by atoms with van der Waals surface area (Å²) in [5, 5.41) is 8.96. The number of carbonyl (C=O) groups is 2. The number of hydrogen-bond donors (Lipinski definition) is 3. The van der Waals surface area contributed by atoms with E-state index >= 15 is 0 Å². The van der Waals surface area contributed by atoms with Crippen LogP contribution in [0.1, 0.15) is 21.4 Å². The van der Waals surface area contributed by atoms with Crippen molar-refractivity contribution < 1.29 is 14.5 Å². The number of rotatable bonds is 3. The maximum Gasteiger partial charge on any atom is 0.321 e. The monoisotopic (exact) mass is 336 g/mol. The predicted octanol–water partition coefficient (Wildman–Crippen LogP) is 0.796. The van der Waals surface area contributed by atoms with Crippen LogP contribution in [0.25, 0.3) is 0 Å². The minimum atomic E-state index is -0.453. The van der Waals surface area contributed by atoms with Gasteiger partial charge >= 0.3 is 6.03 Å². The van der Waals surface area contributed by atoms with Crippen LogP contribution in [0.4, 0.5) is 4.79 Å². The van der Waals surface area contributed by atoms with Crippen LogP contribution < -0.4 is 15.5 Å². The molecule has 0 aromatic carbocycles. The summed E-state index contributed by atoms with van der Waals surface area (Å²) in [5.41, 5.74) is 1.32. The lowest BCUT2D eigenvalue weighted by Crippen LogP contribution is -3.14. The number of carbonyl (C=O) groups excluding carboxylic acids is 2. The second kappa shape index (κ2) is 6.60. The van der Waals surface area contributed by atoms with Gasteiger partial charge in [-0.15, -0.1) is 22.7 Å². The number of thiophene rings is 2. The average molecular weight is 336 g/mol. The van der Waals surface area contributed by atoms with Crippen molar-refractivity contribution in [2.75, 3.05) is 20.1 Å². The first kappa shape index (κ1) is 15.2. The molecule has 0 aliphatic carbocycles. The van der Waals surface area contributed by atoms with Gasteiger partial charge in [-0.25, -0.2) is 4.79 Å². The van der Waals surface area contributed by atoms with Gasteiger partial charge in [0.2, 0.25) is 0 Å². The summed E-state index contributed by atoms with van der Waals surface area (Å²) in [6, 6.07) is 6.07. The molecule has 1 aliphatic rings.